The maximum Gasteiger partial charge on any atom is 0.255 e. The Morgan fingerprint density at radius 1 is 1.41 bits per heavy atom. The number of aromatic amines is 1. The second-order valence-electron chi connectivity index (χ2n) is 3.78. The summed E-state index contributed by atoms with van der Waals surface area (Å²) in [5, 5.41) is 0. The molecule has 4 nitrogen and oxygen atoms in total. The quantitative estimate of drug-likeness (QED) is 0.790. The van der Waals surface area contributed by atoms with Crippen LogP contribution in [0.5, 0.6) is 0 Å². The Morgan fingerprint density at radius 3 is 2.71 bits per heavy atom. The van der Waals surface area contributed by atoms with Crippen LogP contribution < -0.4 is 5.56 Å². The predicted octanol–water partition coefficient (Wildman–Crippen LogP) is 1.86. The summed E-state index contributed by atoms with van der Waals surface area (Å²) in [5.41, 5.74) is 0.282. The molecule has 0 atom stereocenters. The smallest absolute Gasteiger partial charge is 0.255 e. The zero-order chi connectivity index (χ0) is 12.7. The number of pyridine rings is 1. The number of nitrogens with zero attached hydrogens (tertiary/aromatic N) is 1. The van der Waals surface area contributed by atoms with Crippen molar-refractivity contribution in [2.24, 2.45) is 0 Å². The van der Waals surface area contributed by atoms with Gasteiger partial charge in [0.15, 0.2) is 0 Å². The van der Waals surface area contributed by atoms with Crippen LogP contribution in [0.15, 0.2) is 23.1 Å². The molecule has 0 unspecified atom stereocenters. The van der Waals surface area contributed by atoms with Gasteiger partial charge in [-0.25, -0.2) is 0 Å². The van der Waals surface area contributed by atoms with Gasteiger partial charge in [0.05, 0.1) is 5.56 Å². The predicted molar refractivity (Wildman–Crippen MR) is 68.6 cm³/mol. The third-order valence-electron chi connectivity index (χ3n) is 2.45. The molecule has 0 spiro atoms. The molecule has 0 saturated carbocycles. The lowest BCUT2D eigenvalue weighted by Gasteiger charge is -2.21. The molecule has 1 aromatic rings. The standard InChI is InChI=1S/C12H17ClN2O2/c1-2-3-7-15(8-6-13)12(17)10-4-5-11(16)14-9-10/h4-5,9H,2-3,6-8H2,1H3,(H,14,16). The maximum atomic E-state index is 12.1. The molecule has 0 radical (unpaired) electrons. The van der Waals surface area contributed by atoms with Gasteiger partial charge in [-0.05, 0) is 12.5 Å². The molecule has 0 bridgehead atoms. The van der Waals surface area contributed by atoms with Gasteiger partial charge in [-0.2, -0.15) is 0 Å². The zero-order valence-electron chi connectivity index (χ0n) is 9.91. The number of aromatic nitrogens is 1. The van der Waals surface area contributed by atoms with Gasteiger partial charge in [0, 0.05) is 31.2 Å². The van der Waals surface area contributed by atoms with E-state index < -0.39 is 0 Å². The van der Waals surface area contributed by atoms with Gasteiger partial charge in [0.1, 0.15) is 0 Å². The van der Waals surface area contributed by atoms with Gasteiger partial charge >= 0.3 is 0 Å². The van der Waals surface area contributed by atoms with Crippen LogP contribution >= 0.6 is 11.6 Å². The third-order valence-corrected chi connectivity index (χ3v) is 2.62. The molecule has 0 fully saturated rings. The monoisotopic (exact) mass is 256 g/mol. The van der Waals surface area contributed by atoms with Gasteiger partial charge < -0.3 is 9.88 Å². The van der Waals surface area contributed by atoms with Crippen molar-refractivity contribution < 1.29 is 4.79 Å². The Labute approximate surface area is 106 Å². The molecule has 17 heavy (non-hydrogen) atoms. The van der Waals surface area contributed by atoms with E-state index in [4.69, 9.17) is 11.6 Å². The molecule has 1 heterocycles. The van der Waals surface area contributed by atoms with E-state index in [2.05, 4.69) is 11.9 Å². The lowest BCUT2D eigenvalue weighted by atomic mass is 10.2. The van der Waals surface area contributed by atoms with E-state index >= 15 is 0 Å². The topological polar surface area (TPSA) is 53.2 Å². The van der Waals surface area contributed by atoms with E-state index in [1.807, 2.05) is 0 Å². The fourth-order valence-corrected chi connectivity index (χ4v) is 1.70. The molecule has 0 aromatic carbocycles. The molecule has 1 N–H and O–H groups in total. The van der Waals surface area contributed by atoms with Crippen LogP contribution in [0.4, 0.5) is 0 Å². The molecule has 0 aliphatic carbocycles. The minimum atomic E-state index is -0.209. The maximum absolute atomic E-state index is 12.1. The van der Waals surface area contributed by atoms with Crippen molar-refractivity contribution in [3.63, 3.8) is 0 Å². The summed E-state index contributed by atoms with van der Waals surface area (Å²) in [5.74, 6) is 0.328. The molecule has 1 rings (SSSR count). The van der Waals surface area contributed by atoms with E-state index in [1.165, 1.54) is 18.3 Å². The van der Waals surface area contributed by atoms with Gasteiger partial charge in [-0.3, -0.25) is 9.59 Å². The largest absolute Gasteiger partial charge is 0.337 e. The second kappa shape index (κ2) is 7.12. The number of nitrogens with one attached hydrogen (secondary N) is 1. The highest BCUT2D eigenvalue weighted by Crippen LogP contribution is 2.04. The van der Waals surface area contributed by atoms with E-state index in [0.717, 1.165) is 12.8 Å². The van der Waals surface area contributed by atoms with Crippen LogP contribution in [0.1, 0.15) is 30.1 Å². The molecule has 94 valence electrons. The van der Waals surface area contributed by atoms with Crippen molar-refractivity contribution in [3.05, 3.63) is 34.2 Å². The summed E-state index contributed by atoms with van der Waals surface area (Å²) in [6.45, 7) is 3.30. The highest BCUT2D eigenvalue weighted by Gasteiger charge is 2.14. The summed E-state index contributed by atoms with van der Waals surface area (Å²) in [6.07, 6.45) is 3.42. The first-order valence-corrected chi connectivity index (χ1v) is 6.26. The van der Waals surface area contributed by atoms with Crippen molar-refractivity contribution in [2.45, 2.75) is 19.8 Å². The number of H-pyrrole nitrogens is 1. The van der Waals surface area contributed by atoms with Gasteiger partial charge in [-0.15, -0.1) is 11.6 Å². The second-order valence-corrected chi connectivity index (χ2v) is 4.15. The first-order valence-electron chi connectivity index (χ1n) is 5.73. The van der Waals surface area contributed by atoms with E-state index in [-0.39, 0.29) is 11.5 Å². The van der Waals surface area contributed by atoms with E-state index in [9.17, 15) is 9.59 Å². The average Bonchev–Trinajstić information content (AvgIpc) is 2.34. The van der Waals surface area contributed by atoms with Gasteiger partial charge in [-0.1, -0.05) is 13.3 Å². The van der Waals surface area contributed by atoms with Crippen molar-refractivity contribution in [1.29, 1.82) is 0 Å². The highest BCUT2D eigenvalue weighted by atomic mass is 35.5. The minimum Gasteiger partial charge on any atom is -0.337 e. The van der Waals surface area contributed by atoms with Crippen molar-refractivity contribution >= 4 is 17.5 Å². The van der Waals surface area contributed by atoms with Crippen molar-refractivity contribution in [1.82, 2.24) is 9.88 Å². The molecule has 1 amide bonds. The van der Waals surface area contributed by atoms with Crippen LogP contribution in [0, 0.1) is 0 Å². The number of unbranched alkanes of at least 4 members (excludes halogenated alkanes) is 1. The Bertz CT molecular complexity index is 397. The fourth-order valence-electron chi connectivity index (χ4n) is 1.49. The first kappa shape index (κ1) is 13.8. The number of amides is 1. The molecular formula is C12H17ClN2O2. The number of rotatable bonds is 6. The molecular weight excluding hydrogens is 240 g/mol. The minimum absolute atomic E-state index is 0.0876. The Balaban J connectivity index is 2.75. The van der Waals surface area contributed by atoms with Crippen LogP contribution in [-0.2, 0) is 0 Å². The zero-order valence-corrected chi connectivity index (χ0v) is 10.7. The Hall–Kier alpha value is -1.29. The van der Waals surface area contributed by atoms with E-state index in [1.54, 1.807) is 4.90 Å². The molecule has 0 aliphatic heterocycles. The lowest BCUT2D eigenvalue weighted by Crippen LogP contribution is -2.34. The van der Waals surface area contributed by atoms with Gasteiger partial charge in [0.25, 0.3) is 5.91 Å². The summed E-state index contributed by atoms with van der Waals surface area (Å²) in [6, 6.07) is 2.89. The summed E-state index contributed by atoms with van der Waals surface area (Å²) < 4.78 is 0. The highest BCUT2D eigenvalue weighted by molar-refractivity contribution is 6.18. The number of carbonyl (C=O) groups excluding carboxylic acids is 1. The Kier molecular flexibility index (Phi) is 5.77. The number of hydrogen-bond acceptors (Lipinski definition) is 2. The van der Waals surface area contributed by atoms with Gasteiger partial charge in [0.2, 0.25) is 5.56 Å². The summed E-state index contributed by atoms with van der Waals surface area (Å²) in [4.78, 5) is 27.2. The third kappa shape index (κ3) is 4.23. The molecule has 0 aliphatic rings. The number of carbonyl (C=O) groups is 1. The lowest BCUT2D eigenvalue weighted by molar-refractivity contribution is 0.0763. The van der Waals surface area contributed by atoms with Crippen LogP contribution in [0.25, 0.3) is 0 Å². The van der Waals surface area contributed by atoms with Crippen LogP contribution in [0.2, 0.25) is 0 Å². The number of hydrogen-bond donors (Lipinski definition) is 1. The van der Waals surface area contributed by atoms with Crippen LogP contribution in [-0.4, -0.2) is 34.8 Å². The van der Waals surface area contributed by atoms with Crippen molar-refractivity contribution in [2.75, 3.05) is 19.0 Å². The van der Waals surface area contributed by atoms with Crippen molar-refractivity contribution in [3.8, 4) is 0 Å². The number of halogens is 1. The molecule has 5 heteroatoms. The summed E-state index contributed by atoms with van der Waals surface area (Å²) in [7, 11) is 0. The number of alkyl halides is 1. The first-order chi connectivity index (χ1) is 8.19. The van der Waals surface area contributed by atoms with Crippen LogP contribution in [0.3, 0.4) is 0 Å². The molecule has 1 aromatic heterocycles. The van der Waals surface area contributed by atoms with E-state index in [0.29, 0.717) is 24.5 Å². The fraction of sp³-hybridized carbons (Fsp3) is 0.500. The average molecular weight is 257 g/mol. The normalized spacial score (nSPS) is 10.2. The summed E-state index contributed by atoms with van der Waals surface area (Å²) >= 11 is 5.68. The SMILES string of the molecule is CCCCN(CCCl)C(=O)c1ccc(=O)[nH]c1. The molecule has 0 saturated heterocycles. The Morgan fingerprint density at radius 2 is 2.18 bits per heavy atom.